The van der Waals surface area contributed by atoms with E-state index in [2.05, 4.69) is 0 Å². The number of ether oxygens (including phenoxy) is 1. The van der Waals surface area contributed by atoms with Crippen molar-refractivity contribution in [3.05, 3.63) is 59.1 Å². The molecule has 1 amide bonds. The third-order valence-corrected chi connectivity index (χ3v) is 7.29. The lowest BCUT2D eigenvalue weighted by Gasteiger charge is -2.43. The quantitative estimate of drug-likeness (QED) is 0.759. The predicted molar refractivity (Wildman–Crippen MR) is 109 cm³/mol. The van der Waals surface area contributed by atoms with Crippen LogP contribution in [0.1, 0.15) is 5.56 Å². The third-order valence-electron chi connectivity index (χ3n) is 5.35. The molecule has 6 nitrogen and oxygen atoms in total. The van der Waals surface area contributed by atoms with Gasteiger partial charge in [0.05, 0.1) is 31.2 Å². The van der Waals surface area contributed by atoms with Gasteiger partial charge < -0.3 is 9.64 Å². The first kappa shape index (κ1) is 19.2. The van der Waals surface area contributed by atoms with Crippen LogP contribution in [-0.2, 0) is 21.2 Å². The third kappa shape index (κ3) is 3.62. The highest BCUT2D eigenvalue weighted by atomic mass is 35.5. The van der Waals surface area contributed by atoms with Crippen LogP contribution in [-0.4, -0.2) is 56.5 Å². The van der Waals surface area contributed by atoms with E-state index in [0.29, 0.717) is 17.3 Å². The Morgan fingerprint density at radius 3 is 2.61 bits per heavy atom. The maximum Gasteiger partial charge on any atom is 0.241 e. The fourth-order valence-electron chi connectivity index (χ4n) is 4.15. The van der Waals surface area contributed by atoms with E-state index < -0.39 is 15.9 Å². The maximum absolute atomic E-state index is 13.0. The predicted octanol–water partition coefficient (Wildman–Crippen LogP) is 2.36. The van der Waals surface area contributed by atoms with Crippen LogP contribution >= 0.6 is 11.6 Å². The number of hydrogen-bond donors (Lipinski definition) is 0. The van der Waals surface area contributed by atoms with Crippen LogP contribution in [0.3, 0.4) is 0 Å². The molecule has 2 aromatic carbocycles. The van der Waals surface area contributed by atoms with E-state index in [1.165, 1.54) is 0 Å². The van der Waals surface area contributed by atoms with Crippen molar-refractivity contribution in [1.29, 1.82) is 0 Å². The molecule has 2 fully saturated rings. The summed E-state index contributed by atoms with van der Waals surface area (Å²) in [4.78, 5) is 16.6. The Balaban J connectivity index is 1.68. The summed E-state index contributed by atoms with van der Waals surface area (Å²) in [6.45, 7) is 0.594. The second kappa shape index (κ2) is 7.39. The van der Waals surface area contributed by atoms with E-state index >= 15 is 0 Å². The molecule has 0 unspecified atom stereocenters. The van der Waals surface area contributed by atoms with Gasteiger partial charge in [0.1, 0.15) is 5.75 Å². The van der Waals surface area contributed by atoms with Crippen molar-refractivity contribution in [2.24, 2.45) is 0 Å². The van der Waals surface area contributed by atoms with Crippen molar-refractivity contribution >= 4 is 33.0 Å². The Bertz CT molecular complexity index is 1010. The van der Waals surface area contributed by atoms with Gasteiger partial charge >= 0.3 is 0 Å². The van der Waals surface area contributed by atoms with Crippen LogP contribution in [0, 0.1) is 0 Å². The Morgan fingerprint density at radius 2 is 1.86 bits per heavy atom. The lowest BCUT2D eigenvalue weighted by atomic mass is 10.0. The number of carbonyl (C=O) groups is 1. The number of sulfone groups is 1. The number of methoxy groups -OCH3 is 1. The molecule has 2 saturated heterocycles. The Kier molecular flexibility index (Phi) is 5.07. The summed E-state index contributed by atoms with van der Waals surface area (Å²) in [6, 6.07) is 13.9. The first-order chi connectivity index (χ1) is 13.4. The van der Waals surface area contributed by atoms with Crippen molar-refractivity contribution in [3.8, 4) is 5.75 Å². The average Bonchev–Trinajstić information content (AvgIpc) is 2.97. The fraction of sp³-hybridized carbons (Fsp3) is 0.350. The molecule has 2 aliphatic heterocycles. The van der Waals surface area contributed by atoms with Gasteiger partial charge in [-0.15, -0.1) is 0 Å². The molecule has 2 aromatic rings. The molecule has 0 bridgehead atoms. The Morgan fingerprint density at radius 1 is 1.11 bits per heavy atom. The summed E-state index contributed by atoms with van der Waals surface area (Å²) in [5.41, 5.74) is 1.57. The summed E-state index contributed by atoms with van der Waals surface area (Å²) in [6.07, 6.45) is 0. The molecule has 2 aliphatic rings. The number of piperazine rings is 1. The van der Waals surface area contributed by atoms with Crippen LogP contribution in [0.25, 0.3) is 0 Å². The highest BCUT2D eigenvalue weighted by molar-refractivity contribution is 7.91. The minimum absolute atomic E-state index is 0.0389. The molecule has 148 valence electrons. The molecule has 2 heterocycles. The van der Waals surface area contributed by atoms with Gasteiger partial charge in [-0.1, -0.05) is 35.9 Å². The van der Waals surface area contributed by atoms with Crippen molar-refractivity contribution < 1.29 is 17.9 Å². The number of para-hydroxylation sites is 1. The number of amides is 1. The van der Waals surface area contributed by atoms with Crippen LogP contribution < -0.4 is 9.64 Å². The van der Waals surface area contributed by atoms with Crippen molar-refractivity contribution in [2.75, 3.05) is 30.1 Å². The smallest absolute Gasteiger partial charge is 0.241 e. The molecule has 4 rings (SSSR count). The lowest BCUT2D eigenvalue weighted by molar-refractivity contribution is -0.123. The highest BCUT2D eigenvalue weighted by Gasteiger charge is 2.49. The molecule has 0 saturated carbocycles. The number of carbonyl (C=O) groups excluding carboxylic acids is 1. The zero-order valence-corrected chi connectivity index (χ0v) is 17.0. The molecule has 0 N–H and O–H groups in total. The second-order valence-corrected chi connectivity index (χ2v) is 9.76. The monoisotopic (exact) mass is 420 g/mol. The van der Waals surface area contributed by atoms with Crippen molar-refractivity contribution in [2.45, 2.75) is 18.6 Å². The van der Waals surface area contributed by atoms with Gasteiger partial charge in [-0.05, 0) is 24.3 Å². The molecular weight excluding hydrogens is 400 g/mol. The van der Waals surface area contributed by atoms with Crippen molar-refractivity contribution in [3.63, 3.8) is 0 Å². The summed E-state index contributed by atoms with van der Waals surface area (Å²) in [5, 5.41) is 0.513. The zero-order valence-electron chi connectivity index (χ0n) is 15.4. The average molecular weight is 421 g/mol. The van der Waals surface area contributed by atoms with Gasteiger partial charge in [-0.3, -0.25) is 9.69 Å². The minimum atomic E-state index is -3.24. The topological polar surface area (TPSA) is 66.9 Å². The number of halogens is 1. The van der Waals surface area contributed by atoms with Gasteiger partial charge in [0.25, 0.3) is 0 Å². The number of nitrogens with zero attached hydrogens (tertiary/aromatic N) is 2. The summed E-state index contributed by atoms with van der Waals surface area (Å²) in [5.74, 6) is 0.593. The largest absolute Gasteiger partial charge is 0.496 e. The molecule has 0 aromatic heterocycles. The molecule has 2 atom stereocenters. The number of rotatable bonds is 4. The fourth-order valence-corrected chi connectivity index (χ4v) is 6.31. The molecule has 8 heteroatoms. The van der Waals surface area contributed by atoms with E-state index in [4.69, 9.17) is 16.3 Å². The number of benzene rings is 2. The Hall–Kier alpha value is -2.09. The second-order valence-electron chi connectivity index (χ2n) is 7.17. The van der Waals surface area contributed by atoms with Gasteiger partial charge in [0.2, 0.25) is 5.91 Å². The first-order valence-electron chi connectivity index (χ1n) is 9.02. The normalized spacial score (nSPS) is 24.2. The number of fused-ring (bicyclic) bond motifs is 1. The van der Waals surface area contributed by atoms with Crippen LogP contribution in [0.15, 0.2) is 48.5 Å². The van der Waals surface area contributed by atoms with Gasteiger partial charge in [-0.2, -0.15) is 0 Å². The summed E-state index contributed by atoms with van der Waals surface area (Å²) < 4.78 is 30.3. The summed E-state index contributed by atoms with van der Waals surface area (Å²) >= 11 is 6.10. The lowest BCUT2D eigenvalue weighted by Crippen LogP contribution is -2.61. The maximum atomic E-state index is 13.0. The van der Waals surface area contributed by atoms with E-state index in [-0.39, 0.29) is 30.0 Å². The Labute approximate surface area is 169 Å². The number of anilines is 1. The van der Waals surface area contributed by atoms with Gasteiger partial charge in [0, 0.05) is 28.9 Å². The molecule has 0 aliphatic carbocycles. The SMILES string of the molecule is COc1ccccc1CN1CC(=O)N(c2cccc(Cl)c2)[C@@H]2CS(=O)(=O)C[C@H]21. The van der Waals surface area contributed by atoms with Gasteiger partial charge in [-0.25, -0.2) is 8.42 Å². The van der Waals surface area contributed by atoms with Crippen LogP contribution in [0.2, 0.25) is 5.02 Å². The van der Waals surface area contributed by atoms with Crippen LogP contribution in [0.5, 0.6) is 5.75 Å². The van der Waals surface area contributed by atoms with E-state index in [0.717, 1.165) is 11.3 Å². The van der Waals surface area contributed by atoms with Crippen molar-refractivity contribution in [1.82, 2.24) is 4.90 Å². The van der Waals surface area contributed by atoms with E-state index in [9.17, 15) is 13.2 Å². The number of hydrogen-bond acceptors (Lipinski definition) is 5. The van der Waals surface area contributed by atoms with Gasteiger partial charge in [0.15, 0.2) is 9.84 Å². The minimum Gasteiger partial charge on any atom is -0.496 e. The van der Waals surface area contributed by atoms with Crippen LogP contribution in [0.4, 0.5) is 5.69 Å². The first-order valence-corrected chi connectivity index (χ1v) is 11.2. The standard InChI is InChI=1S/C20H21ClN2O4S/c1-27-19-8-3-2-5-14(19)10-22-11-20(24)23(16-7-4-6-15(21)9-16)18-13-28(25,26)12-17(18)22/h2-9,17-18H,10-13H2,1H3/t17-,18-/m1/s1. The van der Waals surface area contributed by atoms with E-state index in [1.54, 1.807) is 36.3 Å². The molecule has 0 radical (unpaired) electrons. The molecular formula is C20H21ClN2O4S. The highest BCUT2D eigenvalue weighted by Crippen LogP contribution is 2.34. The molecule has 0 spiro atoms. The van der Waals surface area contributed by atoms with E-state index in [1.807, 2.05) is 29.2 Å². The zero-order chi connectivity index (χ0) is 19.9. The molecule has 28 heavy (non-hydrogen) atoms. The summed E-state index contributed by atoms with van der Waals surface area (Å²) in [7, 11) is -1.64.